The van der Waals surface area contributed by atoms with E-state index < -0.39 is 0 Å². The molecule has 0 unspecified atom stereocenters. The molecule has 1 aromatic heterocycles. The fourth-order valence-electron chi connectivity index (χ4n) is 2.41. The quantitative estimate of drug-likeness (QED) is 0.773. The molecule has 3 rings (SSSR count). The van der Waals surface area contributed by atoms with Crippen LogP contribution < -0.4 is 10.1 Å². The Labute approximate surface area is 134 Å². The third-order valence-corrected chi connectivity index (χ3v) is 3.60. The van der Waals surface area contributed by atoms with Gasteiger partial charge in [-0.25, -0.2) is 0 Å². The molecular weight excluding hydrogens is 290 g/mol. The number of anilines is 1. The van der Waals surface area contributed by atoms with E-state index in [1.165, 1.54) is 0 Å². The van der Waals surface area contributed by atoms with Gasteiger partial charge < -0.3 is 10.1 Å². The Morgan fingerprint density at radius 1 is 1.09 bits per heavy atom. The molecule has 2 N–H and O–H groups in total. The van der Waals surface area contributed by atoms with Crippen LogP contribution in [-0.4, -0.2) is 23.2 Å². The summed E-state index contributed by atoms with van der Waals surface area (Å²) in [6.07, 6.45) is 0. The van der Waals surface area contributed by atoms with Gasteiger partial charge in [0.25, 0.3) is 5.91 Å². The Morgan fingerprint density at radius 2 is 1.78 bits per heavy atom. The van der Waals surface area contributed by atoms with Gasteiger partial charge in [0.1, 0.15) is 5.75 Å². The molecule has 0 radical (unpaired) electrons. The van der Waals surface area contributed by atoms with Gasteiger partial charge in [0.2, 0.25) is 0 Å². The molecule has 0 fully saturated rings. The van der Waals surface area contributed by atoms with Crippen LogP contribution in [0, 0.1) is 6.92 Å². The lowest BCUT2D eigenvalue weighted by Gasteiger charge is -2.10. The standard InChI is InChI=1S/C18H17N3O2/c1-12-16(17(21-20-12)13-8-4-3-5-9-13)19-18(22)14-10-6-7-11-15(14)23-2/h3-11H,1-2H3,(H,19,22)(H,20,21). The summed E-state index contributed by atoms with van der Waals surface area (Å²) in [5.74, 6) is 0.302. The number of nitrogens with zero attached hydrogens (tertiary/aromatic N) is 1. The molecular formula is C18H17N3O2. The smallest absolute Gasteiger partial charge is 0.259 e. The summed E-state index contributed by atoms with van der Waals surface area (Å²) in [7, 11) is 1.55. The Bertz CT molecular complexity index is 825. The molecule has 23 heavy (non-hydrogen) atoms. The Kier molecular flexibility index (Phi) is 4.10. The zero-order chi connectivity index (χ0) is 16.2. The number of carbonyl (C=O) groups excluding carboxylic acids is 1. The highest BCUT2D eigenvalue weighted by molar-refractivity contribution is 6.08. The van der Waals surface area contributed by atoms with Crippen LogP contribution in [0.25, 0.3) is 11.3 Å². The van der Waals surface area contributed by atoms with Crippen molar-refractivity contribution in [3.8, 4) is 17.0 Å². The van der Waals surface area contributed by atoms with Gasteiger partial charge in [0.15, 0.2) is 0 Å². The molecule has 1 heterocycles. The first kappa shape index (κ1) is 14.8. The van der Waals surface area contributed by atoms with E-state index >= 15 is 0 Å². The highest BCUT2D eigenvalue weighted by Crippen LogP contribution is 2.29. The van der Waals surface area contributed by atoms with E-state index in [2.05, 4.69) is 15.5 Å². The third-order valence-electron chi connectivity index (χ3n) is 3.60. The minimum atomic E-state index is -0.232. The summed E-state index contributed by atoms with van der Waals surface area (Å²) in [4.78, 5) is 12.6. The van der Waals surface area contributed by atoms with Crippen molar-refractivity contribution in [3.63, 3.8) is 0 Å². The SMILES string of the molecule is COc1ccccc1C(=O)Nc1c(C)n[nH]c1-c1ccccc1. The van der Waals surface area contributed by atoms with E-state index in [-0.39, 0.29) is 5.91 Å². The van der Waals surface area contributed by atoms with E-state index in [0.717, 1.165) is 17.0 Å². The van der Waals surface area contributed by atoms with Crippen LogP contribution in [-0.2, 0) is 0 Å². The first-order chi connectivity index (χ1) is 11.2. The summed E-state index contributed by atoms with van der Waals surface area (Å²) in [6.45, 7) is 1.85. The number of carbonyl (C=O) groups is 1. The predicted octanol–water partition coefficient (Wildman–Crippen LogP) is 3.65. The molecule has 5 heteroatoms. The summed E-state index contributed by atoms with van der Waals surface area (Å²) in [6, 6.07) is 16.9. The lowest BCUT2D eigenvalue weighted by molar-refractivity contribution is 0.102. The predicted molar refractivity (Wildman–Crippen MR) is 89.7 cm³/mol. The van der Waals surface area contributed by atoms with E-state index in [9.17, 15) is 4.79 Å². The Hall–Kier alpha value is -3.08. The molecule has 0 bridgehead atoms. The van der Waals surface area contributed by atoms with Crippen molar-refractivity contribution in [1.29, 1.82) is 0 Å². The molecule has 0 saturated carbocycles. The highest BCUT2D eigenvalue weighted by atomic mass is 16.5. The van der Waals surface area contributed by atoms with Gasteiger partial charge in [-0.1, -0.05) is 42.5 Å². The van der Waals surface area contributed by atoms with Crippen molar-refractivity contribution in [2.24, 2.45) is 0 Å². The van der Waals surface area contributed by atoms with Gasteiger partial charge >= 0.3 is 0 Å². The Morgan fingerprint density at radius 3 is 2.52 bits per heavy atom. The first-order valence-corrected chi connectivity index (χ1v) is 7.25. The first-order valence-electron chi connectivity index (χ1n) is 7.25. The van der Waals surface area contributed by atoms with Crippen LogP contribution in [0.4, 0.5) is 5.69 Å². The molecule has 1 amide bonds. The number of para-hydroxylation sites is 1. The maximum Gasteiger partial charge on any atom is 0.259 e. The third kappa shape index (κ3) is 2.94. The number of hydrogen-bond acceptors (Lipinski definition) is 3. The number of benzene rings is 2. The molecule has 0 aliphatic rings. The van der Waals surface area contributed by atoms with Crippen molar-refractivity contribution >= 4 is 11.6 Å². The maximum atomic E-state index is 12.6. The topological polar surface area (TPSA) is 67.0 Å². The van der Waals surface area contributed by atoms with Crippen molar-refractivity contribution in [2.45, 2.75) is 6.92 Å². The molecule has 0 aliphatic heterocycles. The molecule has 3 aromatic rings. The summed E-state index contributed by atoms with van der Waals surface area (Å²) in [5, 5.41) is 10.1. The fourth-order valence-corrected chi connectivity index (χ4v) is 2.41. The number of nitrogens with one attached hydrogen (secondary N) is 2. The number of rotatable bonds is 4. The van der Waals surface area contributed by atoms with Crippen LogP contribution in [0.15, 0.2) is 54.6 Å². The fraction of sp³-hybridized carbons (Fsp3) is 0.111. The van der Waals surface area contributed by atoms with Gasteiger partial charge in [-0.05, 0) is 19.1 Å². The molecule has 116 valence electrons. The summed E-state index contributed by atoms with van der Waals surface area (Å²) in [5.41, 5.74) is 3.63. The van der Waals surface area contributed by atoms with Crippen LogP contribution in [0.5, 0.6) is 5.75 Å². The number of ether oxygens (including phenoxy) is 1. The summed E-state index contributed by atoms with van der Waals surface area (Å²) >= 11 is 0. The maximum absolute atomic E-state index is 12.6. The van der Waals surface area contributed by atoms with Crippen LogP contribution in [0.3, 0.4) is 0 Å². The largest absolute Gasteiger partial charge is 0.496 e. The average Bonchev–Trinajstić information content (AvgIpc) is 2.96. The highest BCUT2D eigenvalue weighted by Gasteiger charge is 2.17. The molecule has 0 saturated heterocycles. The number of amides is 1. The number of aryl methyl sites for hydroxylation is 1. The zero-order valence-electron chi connectivity index (χ0n) is 13.0. The van der Waals surface area contributed by atoms with E-state index in [4.69, 9.17) is 4.74 Å². The molecule has 2 aromatic carbocycles. The lowest BCUT2D eigenvalue weighted by Crippen LogP contribution is -2.14. The van der Waals surface area contributed by atoms with Crippen LogP contribution in [0.2, 0.25) is 0 Å². The van der Waals surface area contributed by atoms with Crippen molar-refractivity contribution < 1.29 is 9.53 Å². The van der Waals surface area contributed by atoms with Crippen LogP contribution in [0.1, 0.15) is 16.1 Å². The normalized spacial score (nSPS) is 10.3. The van der Waals surface area contributed by atoms with Gasteiger partial charge in [-0.15, -0.1) is 0 Å². The monoisotopic (exact) mass is 307 g/mol. The number of aromatic amines is 1. The second-order valence-corrected chi connectivity index (χ2v) is 5.08. The average molecular weight is 307 g/mol. The van der Waals surface area contributed by atoms with Crippen LogP contribution >= 0.6 is 0 Å². The molecule has 0 atom stereocenters. The minimum Gasteiger partial charge on any atom is -0.496 e. The van der Waals surface area contributed by atoms with Gasteiger partial charge in [0, 0.05) is 5.56 Å². The molecule has 0 spiro atoms. The van der Waals surface area contributed by atoms with E-state index in [1.807, 2.05) is 43.3 Å². The van der Waals surface area contributed by atoms with Gasteiger partial charge in [-0.3, -0.25) is 9.89 Å². The lowest BCUT2D eigenvalue weighted by atomic mass is 10.1. The number of methoxy groups -OCH3 is 1. The van der Waals surface area contributed by atoms with E-state index in [0.29, 0.717) is 17.0 Å². The summed E-state index contributed by atoms with van der Waals surface area (Å²) < 4.78 is 5.25. The van der Waals surface area contributed by atoms with Gasteiger partial charge in [-0.2, -0.15) is 5.10 Å². The molecule has 5 nitrogen and oxygen atoms in total. The second-order valence-electron chi connectivity index (χ2n) is 5.08. The Balaban J connectivity index is 1.95. The number of H-pyrrole nitrogens is 1. The second kappa shape index (κ2) is 6.36. The van der Waals surface area contributed by atoms with Crippen molar-refractivity contribution in [1.82, 2.24) is 10.2 Å². The van der Waals surface area contributed by atoms with Gasteiger partial charge in [0.05, 0.1) is 29.7 Å². The zero-order valence-corrected chi connectivity index (χ0v) is 13.0. The minimum absolute atomic E-state index is 0.232. The van der Waals surface area contributed by atoms with E-state index in [1.54, 1.807) is 25.3 Å². The number of aromatic nitrogens is 2. The van der Waals surface area contributed by atoms with Crippen molar-refractivity contribution in [2.75, 3.05) is 12.4 Å². The van der Waals surface area contributed by atoms with Crippen molar-refractivity contribution in [3.05, 3.63) is 65.9 Å². The molecule has 0 aliphatic carbocycles. The number of hydrogen-bond donors (Lipinski definition) is 2.